The van der Waals surface area contributed by atoms with E-state index in [1.54, 1.807) is 34.6 Å². The van der Waals surface area contributed by atoms with Crippen LogP contribution in [0.15, 0.2) is 0 Å². The van der Waals surface area contributed by atoms with Crippen LogP contribution in [0, 0.1) is 57.7 Å². The molecule has 20 heteroatoms. The molecule has 0 spiro atoms. The second-order valence-corrected chi connectivity index (χ2v) is 22.6. The summed E-state index contributed by atoms with van der Waals surface area (Å²) in [5.74, 6) is -5.20. The van der Waals surface area contributed by atoms with Crippen molar-refractivity contribution in [2.75, 3.05) is 0 Å². The van der Waals surface area contributed by atoms with E-state index in [9.17, 15) is 53.6 Å². The van der Waals surface area contributed by atoms with Crippen molar-refractivity contribution in [2.24, 2.45) is 57.7 Å². The van der Waals surface area contributed by atoms with Gasteiger partial charge < -0.3 is 18.9 Å². The van der Waals surface area contributed by atoms with E-state index in [4.69, 9.17) is 28.1 Å². The van der Waals surface area contributed by atoms with Crippen molar-refractivity contribution in [3.8, 4) is 0 Å². The van der Waals surface area contributed by atoms with Gasteiger partial charge in [0, 0.05) is 23.7 Å². The van der Waals surface area contributed by atoms with Crippen LogP contribution in [0.4, 0.5) is 17.6 Å². The molecule has 0 saturated heterocycles. The first-order valence-electron chi connectivity index (χ1n) is 20.4. The fourth-order valence-corrected chi connectivity index (χ4v) is 13.0. The summed E-state index contributed by atoms with van der Waals surface area (Å²) in [6, 6.07) is 0. The number of ether oxygens (including phenoxy) is 4. The molecule has 0 aromatic heterocycles. The minimum Gasteiger partial charge on any atom is -0.459 e. The first kappa shape index (κ1) is 45.9. The van der Waals surface area contributed by atoms with Crippen molar-refractivity contribution in [3.05, 3.63) is 0 Å². The predicted octanol–water partition coefficient (Wildman–Crippen LogP) is 6.51. The molecule has 14 nitrogen and oxygen atoms in total. The van der Waals surface area contributed by atoms with Crippen molar-refractivity contribution in [1.29, 1.82) is 0 Å². The average Bonchev–Trinajstić information content (AvgIpc) is 3.11. The Hall–Kier alpha value is -2.58. The minimum atomic E-state index is -5.85. The zero-order valence-electron chi connectivity index (χ0n) is 34.3. The third kappa shape index (κ3) is 7.48. The largest absolute Gasteiger partial charge is 0.459 e. The summed E-state index contributed by atoms with van der Waals surface area (Å²) in [5.41, 5.74) is -5.60. The van der Waals surface area contributed by atoms with Gasteiger partial charge >= 0.3 is 54.6 Å². The van der Waals surface area contributed by atoms with E-state index < -0.39 is 100 Å². The third-order valence-electron chi connectivity index (χ3n) is 15.8. The summed E-state index contributed by atoms with van der Waals surface area (Å²) >= 11 is 0. The smallest absolute Gasteiger partial charge is 0.405 e. The van der Waals surface area contributed by atoms with Gasteiger partial charge in [-0.15, -0.1) is 0 Å². The van der Waals surface area contributed by atoms with E-state index in [0.29, 0.717) is 52.4 Å². The van der Waals surface area contributed by atoms with Crippen molar-refractivity contribution in [1.82, 2.24) is 0 Å². The predicted molar refractivity (Wildman–Crippen MR) is 197 cm³/mol. The Morgan fingerprint density at radius 1 is 0.661 bits per heavy atom. The maximum absolute atomic E-state index is 14.3. The molecule has 8 fully saturated rings. The van der Waals surface area contributed by atoms with Gasteiger partial charge in [-0.2, -0.15) is 34.4 Å². The molecule has 0 heterocycles. The number of alkyl halides is 4. The molecule has 0 aromatic carbocycles. The molecule has 8 rings (SSSR count). The fourth-order valence-electron chi connectivity index (χ4n) is 12.1. The quantitative estimate of drug-likeness (QED) is 0.0777. The highest BCUT2D eigenvalue weighted by Crippen LogP contribution is 2.67. The van der Waals surface area contributed by atoms with Gasteiger partial charge in [0.15, 0.2) is 12.2 Å². The fraction of sp³-hybridized carbons (Fsp3) is 0.897. The summed E-state index contributed by atoms with van der Waals surface area (Å²) in [6.45, 7) is 10.1. The molecule has 0 aliphatic heterocycles. The standard InChI is InChI=1S/C39H56F4O14S2/c1-8-33(5,30(45)57-35(7)27-11-24-12-28(35)19-37(15-24,18-27)32(47)55-22(4)39(42,43)59(51,52)53)13-20(2)29(44)56-34(6)25-9-23-10-26(34)17-36(14-23,16-25)31(46)54-21(3)38(40,41)58(48,49)50/h20-28H,8-19H2,1-7H3,(H,48,49,50)(H,51,52,53). The van der Waals surface area contributed by atoms with Crippen LogP contribution >= 0.6 is 0 Å². The molecule has 0 amide bonds. The Morgan fingerprint density at radius 3 is 1.32 bits per heavy atom. The summed E-state index contributed by atoms with van der Waals surface area (Å²) in [4.78, 5) is 54.9. The lowest BCUT2D eigenvalue weighted by Gasteiger charge is -2.62. The van der Waals surface area contributed by atoms with Crippen LogP contribution in [0.3, 0.4) is 0 Å². The second-order valence-electron chi connectivity index (χ2n) is 19.6. The maximum Gasteiger partial charge on any atom is 0.405 e. The summed E-state index contributed by atoms with van der Waals surface area (Å²) in [6.07, 6.45) is -0.768. The molecule has 0 radical (unpaired) electrons. The summed E-state index contributed by atoms with van der Waals surface area (Å²) in [5, 5.41) is -9.42. The molecule has 59 heavy (non-hydrogen) atoms. The first-order valence-corrected chi connectivity index (χ1v) is 23.3. The molecule has 8 saturated carbocycles. The second kappa shape index (κ2) is 14.5. The molecular formula is C39H56F4O14S2. The zero-order valence-corrected chi connectivity index (χ0v) is 35.9. The van der Waals surface area contributed by atoms with E-state index in [-0.39, 0.29) is 74.0 Å². The van der Waals surface area contributed by atoms with Gasteiger partial charge in [-0.25, -0.2) is 0 Å². The van der Waals surface area contributed by atoms with Gasteiger partial charge in [0.2, 0.25) is 0 Å². The topological polar surface area (TPSA) is 214 Å². The highest BCUT2D eigenvalue weighted by Gasteiger charge is 2.68. The number of rotatable bonds is 15. The molecule has 2 N–H and O–H groups in total. The molecule has 8 unspecified atom stereocenters. The Balaban J connectivity index is 1.09. The number of carbonyl (C=O) groups excluding carboxylic acids is 4. The Labute approximate surface area is 342 Å². The molecule has 0 aromatic rings. The van der Waals surface area contributed by atoms with Gasteiger partial charge in [-0.3, -0.25) is 28.3 Å². The molecule has 8 aliphatic rings. The number of hydrogen-bond acceptors (Lipinski definition) is 12. The van der Waals surface area contributed by atoms with Crippen molar-refractivity contribution in [3.63, 3.8) is 0 Å². The first-order chi connectivity index (χ1) is 26.8. The number of carbonyl (C=O) groups is 4. The minimum absolute atomic E-state index is 0.0158. The number of halogens is 4. The molecule has 8 atom stereocenters. The lowest BCUT2D eigenvalue weighted by atomic mass is 9.45. The van der Waals surface area contributed by atoms with E-state index in [1.165, 1.54) is 0 Å². The van der Waals surface area contributed by atoms with Gasteiger partial charge in [0.1, 0.15) is 11.2 Å². The van der Waals surface area contributed by atoms with Crippen LogP contribution < -0.4 is 0 Å². The number of esters is 4. The normalized spacial score (nSPS) is 38.8. The number of hydrogen-bond donors (Lipinski definition) is 2. The van der Waals surface area contributed by atoms with Crippen molar-refractivity contribution < 1.29 is 81.6 Å². The van der Waals surface area contributed by atoms with Crippen LogP contribution in [-0.2, 0) is 58.4 Å². The molecule has 336 valence electrons. The average molecular weight is 889 g/mol. The van der Waals surface area contributed by atoms with E-state index in [0.717, 1.165) is 0 Å². The highest BCUT2D eigenvalue weighted by molar-refractivity contribution is 7.87. The van der Waals surface area contributed by atoms with Crippen LogP contribution in [0.25, 0.3) is 0 Å². The van der Waals surface area contributed by atoms with Gasteiger partial charge in [0.05, 0.1) is 22.2 Å². The zero-order chi connectivity index (χ0) is 44.3. The SMILES string of the molecule is CCC(C)(CC(C)C(=O)OC1(C)C2CC3CC1CC(C(=O)OC(C)C(F)(F)S(=O)(=O)O)(C3)C2)C(=O)OC1(C)C2CC3CC1CC(C(=O)OC(C)C(F)(F)S(=O)(=O)O)(C3)C2. The van der Waals surface area contributed by atoms with E-state index in [2.05, 4.69) is 0 Å². The Morgan fingerprint density at radius 2 is 1.00 bits per heavy atom. The van der Waals surface area contributed by atoms with Crippen LogP contribution in [0.2, 0.25) is 0 Å². The lowest BCUT2D eigenvalue weighted by molar-refractivity contribution is -0.234. The molecule has 8 bridgehead atoms. The van der Waals surface area contributed by atoms with Crippen LogP contribution in [0.1, 0.15) is 126 Å². The highest BCUT2D eigenvalue weighted by atomic mass is 32.2. The lowest BCUT2D eigenvalue weighted by Crippen LogP contribution is -2.64. The van der Waals surface area contributed by atoms with Crippen LogP contribution in [0.5, 0.6) is 0 Å². The van der Waals surface area contributed by atoms with Crippen LogP contribution in [-0.4, -0.2) is 83.7 Å². The van der Waals surface area contributed by atoms with E-state index >= 15 is 0 Å². The molecule has 8 aliphatic carbocycles. The Bertz CT molecular complexity index is 1940. The van der Waals surface area contributed by atoms with Gasteiger partial charge in [0.25, 0.3) is 0 Å². The van der Waals surface area contributed by atoms with Crippen molar-refractivity contribution in [2.45, 2.75) is 159 Å². The van der Waals surface area contributed by atoms with Gasteiger partial charge in [-0.05, 0) is 124 Å². The summed E-state index contributed by atoms with van der Waals surface area (Å²) < 4.78 is 143. The summed E-state index contributed by atoms with van der Waals surface area (Å²) in [7, 11) is -11.7. The Kier molecular flexibility index (Phi) is 11.3. The van der Waals surface area contributed by atoms with Gasteiger partial charge in [-0.1, -0.05) is 13.8 Å². The van der Waals surface area contributed by atoms with Crippen molar-refractivity contribution >= 4 is 44.1 Å². The maximum atomic E-state index is 14.3. The molecular weight excluding hydrogens is 833 g/mol. The monoisotopic (exact) mass is 888 g/mol. The van der Waals surface area contributed by atoms with E-state index in [1.807, 2.05) is 0 Å². The third-order valence-corrected chi connectivity index (χ3v) is 17.8.